The highest BCUT2D eigenvalue weighted by atomic mass is 127. The Labute approximate surface area is 165 Å². The second-order valence-electron chi connectivity index (χ2n) is 6.40. The number of nitrogens with zero attached hydrogens (tertiary/aromatic N) is 1. The number of carbonyl (C=O) groups is 2. The Morgan fingerprint density at radius 2 is 1.46 bits per heavy atom. The van der Waals surface area contributed by atoms with Crippen molar-refractivity contribution in [2.45, 2.75) is 13.8 Å². The van der Waals surface area contributed by atoms with E-state index in [1.54, 1.807) is 30.3 Å². The van der Waals surface area contributed by atoms with Gasteiger partial charge in [-0.15, -0.1) is 0 Å². The number of aromatic nitrogens is 1. The first-order valence-electron chi connectivity index (χ1n) is 8.32. The highest BCUT2D eigenvalue weighted by molar-refractivity contribution is 14.1. The Hall–Kier alpha value is -2.47. The van der Waals surface area contributed by atoms with Gasteiger partial charge in [-0.2, -0.15) is 0 Å². The summed E-state index contributed by atoms with van der Waals surface area (Å²) in [5.41, 5.74) is 5.26. The summed E-state index contributed by atoms with van der Waals surface area (Å²) < 4.78 is 3.32. The van der Waals surface area contributed by atoms with Crippen molar-refractivity contribution < 1.29 is 9.59 Å². The summed E-state index contributed by atoms with van der Waals surface area (Å²) in [4.78, 5) is 25.3. The van der Waals surface area contributed by atoms with Gasteiger partial charge in [0.15, 0.2) is 11.6 Å². The van der Waals surface area contributed by atoms with Crippen LogP contribution in [0.25, 0.3) is 11.8 Å². The Bertz CT molecular complexity index is 1050. The van der Waals surface area contributed by atoms with Crippen molar-refractivity contribution in [3.05, 3.63) is 91.8 Å². The first kappa shape index (κ1) is 17.0. The third kappa shape index (κ3) is 2.65. The second kappa shape index (κ2) is 6.36. The number of allylic oxidation sites excluding steroid dienone is 1. The second-order valence-corrected chi connectivity index (χ2v) is 7.65. The maximum absolute atomic E-state index is 12.6. The van der Waals surface area contributed by atoms with Gasteiger partial charge in [-0.1, -0.05) is 24.3 Å². The van der Waals surface area contributed by atoms with Gasteiger partial charge in [-0.25, -0.2) is 0 Å². The molecule has 0 saturated carbocycles. The third-order valence-electron chi connectivity index (χ3n) is 4.76. The molecule has 0 amide bonds. The van der Waals surface area contributed by atoms with Crippen LogP contribution >= 0.6 is 22.6 Å². The molecule has 1 aliphatic carbocycles. The lowest BCUT2D eigenvalue weighted by Crippen LogP contribution is -2.01. The Morgan fingerprint density at radius 1 is 0.885 bits per heavy atom. The van der Waals surface area contributed by atoms with Gasteiger partial charge in [-0.3, -0.25) is 9.59 Å². The molecule has 0 unspecified atom stereocenters. The van der Waals surface area contributed by atoms with Gasteiger partial charge in [0.05, 0.1) is 5.57 Å². The molecule has 3 nitrogen and oxygen atoms in total. The topological polar surface area (TPSA) is 39.1 Å². The number of benzene rings is 2. The van der Waals surface area contributed by atoms with Gasteiger partial charge in [0.25, 0.3) is 0 Å². The summed E-state index contributed by atoms with van der Waals surface area (Å²) in [5.74, 6) is -0.380. The van der Waals surface area contributed by atoms with Crippen LogP contribution in [0.3, 0.4) is 0 Å². The molecule has 128 valence electrons. The van der Waals surface area contributed by atoms with Gasteiger partial charge in [-0.05, 0) is 78.4 Å². The molecule has 0 aliphatic heterocycles. The fraction of sp³-hybridized carbons (Fsp3) is 0.0909. The average molecular weight is 453 g/mol. The minimum Gasteiger partial charge on any atom is -0.318 e. The standard InChI is InChI=1S/C22H16INO2/c1-13-11-15(14(2)24(13)17-9-7-16(23)8-10-17)12-20-21(25)18-5-3-4-6-19(18)22(20)26/h3-12H,1-2H3. The fourth-order valence-electron chi connectivity index (χ4n) is 3.48. The van der Waals surface area contributed by atoms with E-state index in [1.807, 2.05) is 19.9 Å². The van der Waals surface area contributed by atoms with E-state index < -0.39 is 0 Å². The van der Waals surface area contributed by atoms with Crippen LogP contribution in [0.4, 0.5) is 0 Å². The maximum atomic E-state index is 12.6. The fourth-order valence-corrected chi connectivity index (χ4v) is 3.84. The molecule has 0 saturated heterocycles. The Morgan fingerprint density at radius 3 is 2.04 bits per heavy atom. The molecular weight excluding hydrogens is 437 g/mol. The van der Waals surface area contributed by atoms with E-state index in [0.717, 1.165) is 22.6 Å². The number of ketones is 2. The van der Waals surface area contributed by atoms with Gasteiger partial charge >= 0.3 is 0 Å². The number of Topliss-reactive ketones (excluding diaryl/α,β-unsaturated/α-hetero) is 2. The molecule has 1 heterocycles. The van der Waals surface area contributed by atoms with Crippen molar-refractivity contribution in [3.8, 4) is 5.69 Å². The molecule has 0 bridgehead atoms. The minimum atomic E-state index is -0.190. The average Bonchev–Trinajstić information content (AvgIpc) is 3.05. The number of halogens is 1. The van der Waals surface area contributed by atoms with E-state index in [-0.39, 0.29) is 17.1 Å². The number of rotatable bonds is 2. The maximum Gasteiger partial charge on any atom is 0.197 e. The van der Waals surface area contributed by atoms with Crippen LogP contribution in [0.1, 0.15) is 37.7 Å². The van der Waals surface area contributed by atoms with Crippen LogP contribution in [-0.2, 0) is 0 Å². The largest absolute Gasteiger partial charge is 0.318 e. The quantitative estimate of drug-likeness (QED) is 0.306. The van der Waals surface area contributed by atoms with E-state index in [9.17, 15) is 9.59 Å². The van der Waals surface area contributed by atoms with Crippen molar-refractivity contribution >= 4 is 40.2 Å². The van der Waals surface area contributed by atoms with E-state index in [0.29, 0.717) is 11.1 Å². The number of aryl methyl sites for hydroxylation is 1. The monoisotopic (exact) mass is 453 g/mol. The molecule has 4 rings (SSSR count). The zero-order valence-corrected chi connectivity index (χ0v) is 16.6. The predicted octanol–water partition coefficient (Wildman–Crippen LogP) is 5.16. The molecule has 1 aromatic heterocycles. The van der Waals surface area contributed by atoms with Crippen LogP contribution in [0.5, 0.6) is 0 Å². The molecule has 0 atom stereocenters. The highest BCUT2D eigenvalue weighted by Gasteiger charge is 2.32. The summed E-state index contributed by atoms with van der Waals surface area (Å²) in [6, 6.07) is 17.3. The summed E-state index contributed by atoms with van der Waals surface area (Å²) in [5, 5.41) is 0. The Kier molecular flexibility index (Phi) is 4.15. The van der Waals surface area contributed by atoms with E-state index in [1.165, 1.54) is 3.57 Å². The molecule has 2 aromatic carbocycles. The van der Waals surface area contributed by atoms with Crippen molar-refractivity contribution in [1.82, 2.24) is 4.57 Å². The van der Waals surface area contributed by atoms with Crippen molar-refractivity contribution in [1.29, 1.82) is 0 Å². The number of fused-ring (bicyclic) bond motifs is 1. The van der Waals surface area contributed by atoms with Crippen LogP contribution in [0, 0.1) is 17.4 Å². The summed E-state index contributed by atoms with van der Waals surface area (Å²) in [6.45, 7) is 4.04. The lowest BCUT2D eigenvalue weighted by atomic mass is 10.1. The van der Waals surface area contributed by atoms with Crippen molar-refractivity contribution in [2.24, 2.45) is 0 Å². The number of hydrogen-bond acceptors (Lipinski definition) is 2. The van der Waals surface area contributed by atoms with Gasteiger partial charge < -0.3 is 4.57 Å². The molecule has 0 N–H and O–H groups in total. The SMILES string of the molecule is Cc1cc(C=C2C(=O)c3ccccc3C2=O)c(C)n1-c1ccc(I)cc1. The smallest absolute Gasteiger partial charge is 0.197 e. The Balaban J connectivity index is 1.80. The van der Waals surface area contributed by atoms with E-state index in [4.69, 9.17) is 0 Å². The predicted molar refractivity (Wildman–Crippen MR) is 111 cm³/mol. The normalized spacial score (nSPS) is 13.3. The summed E-state index contributed by atoms with van der Waals surface area (Å²) in [7, 11) is 0. The lowest BCUT2D eigenvalue weighted by Gasteiger charge is -2.09. The van der Waals surface area contributed by atoms with Crippen LogP contribution < -0.4 is 0 Å². The summed E-state index contributed by atoms with van der Waals surface area (Å²) in [6.07, 6.45) is 1.73. The zero-order valence-electron chi connectivity index (χ0n) is 14.4. The van der Waals surface area contributed by atoms with Gasteiger partial charge in [0.2, 0.25) is 0 Å². The lowest BCUT2D eigenvalue weighted by molar-refractivity contribution is 0.0990. The van der Waals surface area contributed by atoms with Crippen LogP contribution in [-0.4, -0.2) is 16.1 Å². The summed E-state index contributed by atoms with van der Waals surface area (Å²) >= 11 is 2.28. The minimum absolute atomic E-state index is 0.190. The number of carbonyl (C=O) groups excluding carboxylic acids is 2. The van der Waals surface area contributed by atoms with Gasteiger partial charge in [0, 0.05) is 31.8 Å². The third-order valence-corrected chi connectivity index (χ3v) is 5.48. The zero-order chi connectivity index (χ0) is 18.4. The van der Waals surface area contributed by atoms with Crippen LogP contribution in [0.15, 0.2) is 60.2 Å². The first-order chi connectivity index (χ1) is 12.5. The molecule has 0 fully saturated rings. The number of hydrogen-bond donors (Lipinski definition) is 0. The molecule has 4 heteroatoms. The van der Waals surface area contributed by atoms with Crippen molar-refractivity contribution in [2.75, 3.05) is 0 Å². The van der Waals surface area contributed by atoms with Crippen molar-refractivity contribution in [3.63, 3.8) is 0 Å². The molecular formula is C22H16INO2. The highest BCUT2D eigenvalue weighted by Crippen LogP contribution is 2.30. The molecule has 26 heavy (non-hydrogen) atoms. The van der Waals surface area contributed by atoms with E-state index in [2.05, 4.69) is 51.4 Å². The molecule has 0 spiro atoms. The molecule has 1 aliphatic rings. The molecule has 3 aromatic rings. The first-order valence-corrected chi connectivity index (χ1v) is 9.40. The van der Waals surface area contributed by atoms with Gasteiger partial charge in [0.1, 0.15) is 0 Å². The van der Waals surface area contributed by atoms with Crippen LogP contribution in [0.2, 0.25) is 0 Å². The van der Waals surface area contributed by atoms with E-state index >= 15 is 0 Å². The molecule has 0 radical (unpaired) electrons.